The number of aromatic nitrogens is 1. The lowest BCUT2D eigenvalue weighted by Gasteiger charge is -2.17. The number of carbonyl (C=O) groups is 3. The lowest BCUT2D eigenvalue weighted by molar-refractivity contribution is -0.384. The maximum atomic E-state index is 12.7. The molecule has 0 spiro atoms. The lowest BCUT2D eigenvalue weighted by Crippen LogP contribution is -2.46. The van der Waals surface area contributed by atoms with Crippen LogP contribution < -0.4 is 5.32 Å². The highest BCUT2D eigenvalue weighted by Gasteiger charge is 2.28. The van der Waals surface area contributed by atoms with Gasteiger partial charge in [-0.25, -0.2) is 4.79 Å². The number of H-pyrrole nitrogens is 1. The fraction of sp³-hybridized carbons (Fsp3) is 0.190. The van der Waals surface area contributed by atoms with Gasteiger partial charge in [-0.1, -0.05) is 30.3 Å². The highest BCUT2D eigenvalue weighted by atomic mass is 16.6. The van der Waals surface area contributed by atoms with Crippen molar-refractivity contribution in [3.8, 4) is 0 Å². The molecule has 1 aromatic heterocycles. The molecule has 3 aromatic rings. The minimum atomic E-state index is -1.05. The summed E-state index contributed by atoms with van der Waals surface area (Å²) >= 11 is 0. The number of ether oxygens (including phenoxy) is 1. The Labute approximate surface area is 171 Å². The highest BCUT2D eigenvalue weighted by molar-refractivity contribution is 6.45. The summed E-state index contributed by atoms with van der Waals surface area (Å²) in [5.74, 6) is -2.57. The second kappa shape index (κ2) is 8.99. The number of fused-ring (bicyclic) bond motifs is 1. The average Bonchev–Trinajstić information content (AvgIpc) is 3.16. The van der Waals surface area contributed by atoms with Crippen molar-refractivity contribution in [2.45, 2.75) is 19.4 Å². The van der Waals surface area contributed by atoms with E-state index in [2.05, 4.69) is 10.3 Å². The normalized spacial score (nSPS) is 11.6. The van der Waals surface area contributed by atoms with Crippen molar-refractivity contribution in [3.63, 3.8) is 0 Å². The Hall–Kier alpha value is -4.01. The van der Waals surface area contributed by atoms with E-state index in [-0.39, 0.29) is 29.7 Å². The largest absolute Gasteiger partial charge is 0.464 e. The van der Waals surface area contributed by atoms with E-state index in [4.69, 9.17) is 4.74 Å². The summed E-state index contributed by atoms with van der Waals surface area (Å²) in [5.41, 5.74) is 1.03. The van der Waals surface area contributed by atoms with Gasteiger partial charge < -0.3 is 15.0 Å². The van der Waals surface area contributed by atoms with E-state index in [0.29, 0.717) is 5.52 Å². The molecule has 9 nitrogen and oxygen atoms in total. The number of nitro benzene ring substituents is 1. The number of nitrogens with zero attached hydrogens (tertiary/aromatic N) is 1. The summed E-state index contributed by atoms with van der Waals surface area (Å²) in [4.78, 5) is 50.8. The van der Waals surface area contributed by atoms with Gasteiger partial charge in [-0.2, -0.15) is 0 Å². The van der Waals surface area contributed by atoms with E-state index in [1.54, 1.807) is 31.2 Å². The number of benzene rings is 2. The van der Waals surface area contributed by atoms with Gasteiger partial charge in [0.25, 0.3) is 17.4 Å². The Balaban J connectivity index is 1.83. The molecule has 1 amide bonds. The van der Waals surface area contributed by atoms with Crippen molar-refractivity contribution in [2.24, 2.45) is 0 Å². The Morgan fingerprint density at radius 3 is 2.57 bits per heavy atom. The molecule has 30 heavy (non-hydrogen) atoms. The van der Waals surface area contributed by atoms with Crippen LogP contribution in [-0.4, -0.2) is 40.2 Å². The van der Waals surface area contributed by atoms with E-state index < -0.39 is 28.6 Å². The second-order valence-electron chi connectivity index (χ2n) is 6.49. The highest BCUT2D eigenvalue weighted by Crippen LogP contribution is 2.24. The number of hydrogen-bond donors (Lipinski definition) is 2. The maximum absolute atomic E-state index is 12.7. The Kier molecular flexibility index (Phi) is 6.21. The first kappa shape index (κ1) is 20.7. The summed E-state index contributed by atoms with van der Waals surface area (Å²) < 4.78 is 5.01. The predicted molar refractivity (Wildman–Crippen MR) is 108 cm³/mol. The number of nitrogens with one attached hydrogen (secondary N) is 2. The van der Waals surface area contributed by atoms with Crippen LogP contribution in [0.5, 0.6) is 0 Å². The van der Waals surface area contributed by atoms with Crippen LogP contribution in [0.2, 0.25) is 0 Å². The Morgan fingerprint density at radius 2 is 1.90 bits per heavy atom. The number of carbonyl (C=O) groups excluding carboxylic acids is 3. The number of Topliss-reactive ketones (excluding diaryl/α,β-unsaturated/α-hetero) is 1. The standard InChI is InChI=1S/C21H19N3O6/c1-2-30-21(27)18(10-13-6-4-3-5-7-13)23-20(26)19(25)16-12-22-17-9-8-14(24(28)29)11-15(16)17/h3-9,11-12,18,22H,2,10H2,1H3,(H,23,26)/t18-/m1/s1. The van der Waals surface area contributed by atoms with Crippen molar-refractivity contribution in [3.05, 3.63) is 76.0 Å². The first-order chi connectivity index (χ1) is 14.4. The first-order valence-electron chi connectivity index (χ1n) is 9.22. The number of ketones is 1. The van der Waals surface area contributed by atoms with Gasteiger partial charge in [-0.3, -0.25) is 19.7 Å². The summed E-state index contributed by atoms with van der Waals surface area (Å²) in [6.45, 7) is 1.77. The van der Waals surface area contributed by atoms with E-state index in [1.165, 1.54) is 24.4 Å². The molecule has 0 unspecified atom stereocenters. The molecule has 0 bridgehead atoms. The topological polar surface area (TPSA) is 131 Å². The summed E-state index contributed by atoms with van der Waals surface area (Å²) in [6, 6.07) is 11.9. The smallest absolute Gasteiger partial charge is 0.328 e. The van der Waals surface area contributed by atoms with Gasteiger partial charge in [-0.15, -0.1) is 0 Å². The Bertz CT molecular complexity index is 1110. The fourth-order valence-electron chi connectivity index (χ4n) is 3.04. The van der Waals surface area contributed by atoms with Gasteiger partial charge in [-0.05, 0) is 18.6 Å². The zero-order valence-corrected chi connectivity index (χ0v) is 16.1. The third kappa shape index (κ3) is 4.52. The number of amides is 1. The summed E-state index contributed by atoms with van der Waals surface area (Å²) in [6.07, 6.45) is 1.46. The van der Waals surface area contributed by atoms with Crippen molar-refractivity contribution in [1.29, 1.82) is 0 Å². The maximum Gasteiger partial charge on any atom is 0.328 e. The van der Waals surface area contributed by atoms with Gasteiger partial charge >= 0.3 is 5.97 Å². The molecule has 0 aliphatic carbocycles. The van der Waals surface area contributed by atoms with Crippen LogP contribution in [0.4, 0.5) is 5.69 Å². The molecule has 0 radical (unpaired) electrons. The predicted octanol–water partition coefficient (Wildman–Crippen LogP) is 2.55. The minimum absolute atomic E-state index is 0.0199. The van der Waals surface area contributed by atoms with Crippen molar-refractivity contribution >= 4 is 34.3 Å². The van der Waals surface area contributed by atoms with Crippen molar-refractivity contribution < 1.29 is 24.0 Å². The van der Waals surface area contributed by atoms with Crippen LogP contribution in [0.15, 0.2) is 54.7 Å². The molecule has 9 heteroatoms. The monoisotopic (exact) mass is 409 g/mol. The third-order valence-corrected chi connectivity index (χ3v) is 4.49. The molecule has 1 atom stereocenters. The Morgan fingerprint density at radius 1 is 1.17 bits per heavy atom. The quantitative estimate of drug-likeness (QED) is 0.193. The molecule has 0 saturated heterocycles. The molecule has 1 heterocycles. The van der Waals surface area contributed by atoms with Crippen LogP contribution in [0.3, 0.4) is 0 Å². The van der Waals surface area contributed by atoms with Crippen LogP contribution in [0.25, 0.3) is 10.9 Å². The van der Waals surface area contributed by atoms with Gasteiger partial charge in [0.05, 0.1) is 17.1 Å². The second-order valence-corrected chi connectivity index (χ2v) is 6.49. The summed E-state index contributed by atoms with van der Waals surface area (Å²) in [5, 5.41) is 13.7. The molecular formula is C21H19N3O6. The number of rotatable bonds is 8. The molecule has 0 saturated carbocycles. The molecule has 2 aromatic carbocycles. The SMILES string of the molecule is CCOC(=O)[C@@H](Cc1ccccc1)NC(=O)C(=O)c1c[nH]c2ccc([N+](=O)[O-])cc12. The van der Waals surface area contributed by atoms with E-state index >= 15 is 0 Å². The van der Waals surface area contributed by atoms with Gasteiger partial charge in [0.15, 0.2) is 0 Å². The summed E-state index contributed by atoms with van der Waals surface area (Å²) in [7, 11) is 0. The van der Waals surface area contributed by atoms with Gasteiger partial charge in [0.1, 0.15) is 6.04 Å². The van der Waals surface area contributed by atoms with Crippen LogP contribution in [0.1, 0.15) is 22.8 Å². The average molecular weight is 409 g/mol. The number of esters is 1. The zero-order valence-electron chi connectivity index (χ0n) is 16.1. The van der Waals surface area contributed by atoms with Crippen LogP contribution in [-0.2, 0) is 20.7 Å². The third-order valence-electron chi connectivity index (χ3n) is 4.49. The number of nitro groups is 1. The molecular weight excluding hydrogens is 390 g/mol. The lowest BCUT2D eigenvalue weighted by atomic mass is 10.0. The van der Waals surface area contributed by atoms with E-state index in [9.17, 15) is 24.5 Å². The van der Waals surface area contributed by atoms with Gasteiger partial charge in [0, 0.05) is 35.7 Å². The van der Waals surface area contributed by atoms with Crippen molar-refractivity contribution in [2.75, 3.05) is 6.61 Å². The van der Waals surface area contributed by atoms with E-state index in [0.717, 1.165) is 5.56 Å². The molecule has 0 fully saturated rings. The molecule has 3 rings (SSSR count). The van der Waals surface area contributed by atoms with E-state index in [1.807, 2.05) is 6.07 Å². The van der Waals surface area contributed by atoms with Crippen LogP contribution in [0, 0.1) is 10.1 Å². The molecule has 0 aliphatic rings. The number of aromatic amines is 1. The first-order valence-corrected chi connectivity index (χ1v) is 9.22. The van der Waals surface area contributed by atoms with Crippen LogP contribution >= 0.6 is 0 Å². The van der Waals surface area contributed by atoms with Gasteiger partial charge in [0.2, 0.25) is 0 Å². The molecule has 2 N–H and O–H groups in total. The zero-order chi connectivity index (χ0) is 21.7. The minimum Gasteiger partial charge on any atom is -0.464 e. The number of hydrogen-bond acceptors (Lipinski definition) is 6. The number of non-ortho nitro benzene ring substituents is 1. The fourth-order valence-corrected chi connectivity index (χ4v) is 3.04. The molecule has 0 aliphatic heterocycles. The van der Waals surface area contributed by atoms with Crippen molar-refractivity contribution in [1.82, 2.24) is 10.3 Å². The molecule has 154 valence electrons.